The minimum atomic E-state index is 0.739. The first-order chi connectivity index (χ1) is 6.45. The molecule has 0 amide bonds. The first-order valence-electron chi connectivity index (χ1n) is 4.98. The highest BCUT2D eigenvalue weighted by Crippen LogP contribution is 2.23. The van der Waals surface area contributed by atoms with Crippen LogP contribution in [0.2, 0.25) is 0 Å². The Labute approximate surface area is 88.3 Å². The molecule has 1 unspecified atom stereocenters. The van der Waals surface area contributed by atoms with Crippen LogP contribution >= 0.6 is 23.5 Å². The molecule has 2 heterocycles. The van der Waals surface area contributed by atoms with E-state index in [1.807, 2.05) is 23.5 Å². The highest BCUT2D eigenvalue weighted by Gasteiger charge is 2.15. The first-order valence-corrected chi connectivity index (χ1v) is 6.96. The van der Waals surface area contributed by atoms with Crippen molar-refractivity contribution in [2.45, 2.75) is 25.3 Å². The largest absolute Gasteiger partial charge is 0.313 e. The summed E-state index contributed by atoms with van der Waals surface area (Å²) in [4.78, 5) is 4.43. The molecule has 1 N–H and O–H groups in total. The Morgan fingerprint density at radius 1 is 1.54 bits per heavy atom. The van der Waals surface area contributed by atoms with Gasteiger partial charge in [-0.1, -0.05) is 29.9 Å². The van der Waals surface area contributed by atoms with Gasteiger partial charge >= 0.3 is 0 Å². The SMILES string of the molecule is C1CCC(CSC2=NCCS2)NC1. The third-order valence-electron chi connectivity index (χ3n) is 2.38. The van der Waals surface area contributed by atoms with Crippen molar-refractivity contribution in [3.63, 3.8) is 0 Å². The van der Waals surface area contributed by atoms with Gasteiger partial charge in [0.2, 0.25) is 0 Å². The maximum atomic E-state index is 4.43. The average molecular weight is 216 g/mol. The molecule has 13 heavy (non-hydrogen) atoms. The molecule has 2 rings (SSSR count). The van der Waals surface area contributed by atoms with Crippen molar-refractivity contribution in [1.29, 1.82) is 0 Å². The van der Waals surface area contributed by atoms with Crippen LogP contribution in [0.4, 0.5) is 0 Å². The molecule has 0 aromatic heterocycles. The van der Waals surface area contributed by atoms with E-state index in [9.17, 15) is 0 Å². The maximum Gasteiger partial charge on any atom is 0.124 e. The van der Waals surface area contributed by atoms with Crippen LogP contribution in [0.25, 0.3) is 0 Å². The summed E-state index contributed by atoms with van der Waals surface area (Å²) in [7, 11) is 0. The number of piperidine rings is 1. The van der Waals surface area contributed by atoms with E-state index in [2.05, 4.69) is 10.3 Å². The molecule has 2 nitrogen and oxygen atoms in total. The fraction of sp³-hybridized carbons (Fsp3) is 0.889. The lowest BCUT2D eigenvalue weighted by molar-refractivity contribution is 0.430. The van der Waals surface area contributed by atoms with E-state index < -0.39 is 0 Å². The number of rotatable bonds is 2. The van der Waals surface area contributed by atoms with Crippen LogP contribution < -0.4 is 5.32 Å². The van der Waals surface area contributed by atoms with Crippen LogP contribution in [0.15, 0.2) is 4.99 Å². The fourth-order valence-electron chi connectivity index (χ4n) is 1.64. The molecule has 2 aliphatic rings. The van der Waals surface area contributed by atoms with E-state index in [4.69, 9.17) is 0 Å². The lowest BCUT2D eigenvalue weighted by Gasteiger charge is -2.22. The normalized spacial score (nSPS) is 28.9. The van der Waals surface area contributed by atoms with Gasteiger partial charge in [-0.3, -0.25) is 4.99 Å². The summed E-state index contributed by atoms with van der Waals surface area (Å²) in [6, 6.07) is 0.739. The van der Waals surface area contributed by atoms with E-state index in [1.54, 1.807) is 0 Å². The number of aliphatic imine (C=N–C) groups is 1. The quantitative estimate of drug-likeness (QED) is 0.763. The van der Waals surface area contributed by atoms with Gasteiger partial charge in [-0.2, -0.15) is 0 Å². The van der Waals surface area contributed by atoms with E-state index in [1.165, 1.54) is 41.7 Å². The molecule has 2 aliphatic heterocycles. The molecule has 0 aliphatic carbocycles. The van der Waals surface area contributed by atoms with Gasteiger partial charge in [-0.05, 0) is 19.4 Å². The molecule has 1 fully saturated rings. The minimum absolute atomic E-state index is 0.739. The second-order valence-electron chi connectivity index (χ2n) is 3.45. The van der Waals surface area contributed by atoms with Crippen LogP contribution in [-0.4, -0.2) is 35.0 Å². The van der Waals surface area contributed by atoms with E-state index in [0.717, 1.165) is 12.6 Å². The van der Waals surface area contributed by atoms with Gasteiger partial charge in [0, 0.05) is 17.5 Å². The van der Waals surface area contributed by atoms with Crippen molar-refractivity contribution in [2.24, 2.45) is 4.99 Å². The highest BCUT2D eigenvalue weighted by molar-refractivity contribution is 8.39. The molecule has 1 atom stereocenters. The molecule has 1 saturated heterocycles. The van der Waals surface area contributed by atoms with Crippen LogP contribution in [0.1, 0.15) is 19.3 Å². The molecule has 0 bridgehead atoms. The van der Waals surface area contributed by atoms with E-state index >= 15 is 0 Å². The summed E-state index contributed by atoms with van der Waals surface area (Å²) in [5, 5.41) is 3.56. The Balaban J connectivity index is 1.66. The molecule has 0 spiro atoms. The fourth-order valence-corrected chi connectivity index (χ4v) is 3.78. The molecular weight excluding hydrogens is 200 g/mol. The second-order valence-corrected chi connectivity index (χ2v) is 5.80. The Bertz CT molecular complexity index is 188. The van der Waals surface area contributed by atoms with E-state index in [-0.39, 0.29) is 0 Å². The summed E-state index contributed by atoms with van der Waals surface area (Å²) in [5.74, 6) is 2.41. The lowest BCUT2D eigenvalue weighted by atomic mass is 10.1. The zero-order valence-corrected chi connectivity index (χ0v) is 9.42. The summed E-state index contributed by atoms with van der Waals surface area (Å²) in [6.45, 7) is 2.25. The van der Waals surface area contributed by atoms with Crippen LogP contribution in [-0.2, 0) is 0 Å². The minimum Gasteiger partial charge on any atom is -0.313 e. The second kappa shape index (κ2) is 5.27. The Morgan fingerprint density at radius 3 is 3.23 bits per heavy atom. The topological polar surface area (TPSA) is 24.4 Å². The van der Waals surface area contributed by atoms with Crippen LogP contribution in [0.5, 0.6) is 0 Å². The van der Waals surface area contributed by atoms with Gasteiger partial charge in [0.25, 0.3) is 0 Å². The molecule has 74 valence electrons. The zero-order chi connectivity index (χ0) is 8.93. The number of hydrogen-bond donors (Lipinski definition) is 1. The van der Waals surface area contributed by atoms with Crippen LogP contribution in [0, 0.1) is 0 Å². The Morgan fingerprint density at radius 2 is 2.54 bits per heavy atom. The highest BCUT2D eigenvalue weighted by atomic mass is 32.2. The Hall–Kier alpha value is 0.330. The van der Waals surface area contributed by atoms with Crippen molar-refractivity contribution < 1.29 is 0 Å². The van der Waals surface area contributed by atoms with Crippen molar-refractivity contribution in [1.82, 2.24) is 5.32 Å². The van der Waals surface area contributed by atoms with Gasteiger partial charge < -0.3 is 5.32 Å². The molecule has 4 heteroatoms. The van der Waals surface area contributed by atoms with Crippen molar-refractivity contribution >= 4 is 27.9 Å². The summed E-state index contributed by atoms with van der Waals surface area (Å²) < 4.78 is 1.31. The third-order valence-corrected chi connectivity index (χ3v) is 4.79. The smallest absolute Gasteiger partial charge is 0.124 e. The zero-order valence-electron chi connectivity index (χ0n) is 7.79. The molecule has 0 radical (unpaired) electrons. The van der Waals surface area contributed by atoms with Gasteiger partial charge in [-0.15, -0.1) is 0 Å². The maximum absolute atomic E-state index is 4.43. The van der Waals surface area contributed by atoms with E-state index in [0.29, 0.717) is 0 Å². The molecule has 0 aromatic carbocycles. The third kappa shape index (κ3) is 3.18. The number of thioether (sulfide) groups is 2. The summed E-state index contributed by atoms with van der Waals surface area (Å²) in [6.07, 6.45) is 4.11. The van der Waals surface area contributed by atoms with Gasteiger partial charge in [-0.25, -0.2) is 0 Å². The first kappa shape index (κ1) is 9.87. The summed E-state index contributed by atoms with van der Waals surface area (Å²) >= 11 is 3.86. The molecule has 0 saturated carbocycles. The Kier molecular flexibility index (Phi) is 4.00. The number of nitrogens with one attached hydrogen (secondary N) is 1. The predicted octanol–water partition coefficient (Wildman–Crippen LogP) is 1.96. The summed E-state index contributed by atoms with van der Waals surface area (Å²) in [5.41, 5.74) is 0. The van der Waals surface area contributed by atoms with Crippen LogP contribution in [0.3, 0.4) is 0 Å². The average Bonchev–Trinajstić information content (AvgIpc) is 2.69. The van der Waals surface area contributed by atoms with Gasteiger partial charge in [0.05, 0.1) is 6.54 Å². The van der Waals surface area contributed by atoms with Crippen molar-refractivity contribution in [3.05, 3.63) is 0 Å². The monoisotopic (exact) mass is 216 g/mol. The molecule has 0 aromatic rings. The van der Waals surface area contributed by atoms with Crippen molar-refractivity contribution in [2.75, 3.05) is 24.6 Å². The standard InChI is InChI=1S/C9H16N2S2/c1-2-4-10-8(3-1)7-13-9-11-5-6-12-9/h8,10H,1-7H2. The molecular formula is C9H16N2S2. The van der Waals surface area contributed by atoms with Crippen molar-refractivity contribution in [3.8, 4) is 0 Å². The lowest BCUT2D eigenvalue weighted by Crippen LogP contribution is -2.35. The number of hydrogen-bond acceptors (Lipinski definition) is 4. The van der Waals surface area contributed by atoms with Gasteiger partial charge in [0.15, 0.2) is 0 Å². The van der Waals surface area contributed by atoms with Gasteiger partial charge in [0.1, 0.15) is 4.38 Å². The number of nitrogens with zero attached hydrogens (tertiary/aromatic N) is 1. The predicted molar refractivity (Wildman–Crippen MR) is 62.9 cm³/mol.